The summed E-state index contributed by atoms with van der Waals surface area (Å²) in [7, 11) is 3.70. The van der Waals surface area contributed by atoms with Crippen LogP contribution in [0.5, 0.6) is 0 Å². The van der Waals surface area contributed by atoms with E-state index in [1.807, 2.05) is 43.3 Å². The largest absolute Gasteiger partial charge is 0.481 e. The minimum atomic E-state index is -0.941. The minimum absolute atomic E-state index is 0.0993. The molecule has 6 nitrogen and oxygen atoms in total. The van der Waals surface area contributed by atoms with Gasteiger partial charge in [0, 0.05) is 26.0 Å². The molecule has 1 aromatic heterocycles. The maximum atomic E-state index is 12.3. The van der Waals surface area contributed by atoms with Gasteiger partial charge in [-0.1, -0.05) is 18.2 Å². The number of aromatic nitrogens is 1. The second-order valence-corrected chi connectivity index (χ2v) is 4.84. The van der Waals surface area contributed by atoms with Gasteiger partial charge in [-0.05, 0) is 12.1 Å². The normalized spacial score (nSPS) is 10.4. The SMILES string of the molecule is CN(C)c1cc(C(=O)NCCC(=O)O)c2ccccc2n1. The van der Waals surface area contributed by atoms with E-state index in [0.29, 0.717) is 11.4 Å². The van der Waals surface area contributed by atoms with Gasteiger partial charge in [-0.3, -0.25) is 9.59 Å². The minimum Gasteiger partial charge on any atom is -0.481 e. The first-order chi connectivity index (χ1) is 9.99. The number of amides is 1. The van der Waals surface area contributed by atoms with Crippen molar-refractivity contribution in [2.45, 2.75) is 6.42 Å². The van der Waals surface area contributed by atoms with E-state index >= 15 is 0 Å². The van der Waals surface area contributed by atoms with E-state index in [2.05, 4.69) is 10.3 Å². The molecule has 2 N–H and O–H groups in total. The third-order valence-corrected chi connectivity index (χ3v) is 3.03. The molecule has 1 heterocycles. The molecule has 0 fully saturated rings. The molecule has 0 atom stereocenters. The van der Waals surface area contributed by atoms with Crippen LogP contribution in [-0.4, -0.2) is 42.6 Å². The lowest BCUT2D eigenvalue weighted by molar-refractivity contribution is -0.136. The van der Waals surface area contributed by atoms with E-state index in [4.69, 9.17) is 5.11 Å². The quantitative estimate of drug-likeness (QED) is 0.871. The zero-order valence-corrected chi connectivity index (χ0v) is 12.0. The zero-order chi connectivity index (χ0) is 15.4. The Morgan fingerprint density at radius 3 is 2.67 bits per heavy atom. The molecule has 0 saturated heterocycles. The fourth-order valence-corrected chi connectivity index (χ4v) is 1.96. The van der Waals surface area contributed by atoms with Gasteiger partial charge < -0.3 is 15.3 Å². The molecule has 1 aromatic carbocycles. The zero-order valence-electron chi connectivity index (χ0n) is 12.0. The molecular weight excluding hydrogens is 270 g/mol. The lowest BCUT2D eigenvalue weighted by Crippen LogP contribution is -2.26. The number of carboxylic acid groups (broad SMARTS) is 1. The number of nitrogens with one attached hydrogen (secondary N) is 1. The summed E-state index contributed by atoms with van der Waals surface area (Å²) in [5.41, 5.74) is 1.22. The highest BCUT2D eigenvalue weighted by Gasteiger charge is 2.13. The van der Waals surface area contributed by atoms with Crippen LogP contribution in [0.25, 0.3) is 10.9 Å². The van der Waals surface area contributed by atoms with Gasteiger partial charge in [0.2, 0.25) is 0 Å². The average molecular weight is 287 g/mol. The van der Waals surface area contributed by atoms with Crippen molar-refractivity contribution in [3.63, 3.8) is 0 Å². The highest BCUT2D eigenvalue weighted by molar-refractivity contribution is 6.07. The van der Waals surface area contributed by atoms with Crippen molar-refractivity contribution in [3.8, 4) is 0 Å². The number of carbonyl (C=O) groups is 2. The number of carboxylic acids is 1. The van der Waals surface area contributed by atoms with Gasteiger partial charge in [0.1, 0.15) is 5.82 Å². The number of rotatable bonds is 5. The predicted octanol–water partition coefficient (Wildman–Crippen LogP) is 1.51. The first-order valence-corrected chi connectivity index (χ1v) is 6.56. The second-order valence-electron chi connectivity index (χ2n) is 4.84. The van der Waals surface area contributed by atoms with Crippen molar-refractivity contribution in [1.82, 2.24) is 10.3 Å². The van der Waals surface area contributed by atoms with Crippen LogP contribution >= 0.6 is 0 Å². The van der Waals surface area contributed by atoms with Crippen LogP contribution in [0.2, 0.25) is 0 Å². The molecule has 2 rings (SSSR count). The molecule has 0 spiro atoms. The lowest BCUT2D eigenvalue weighted by atomic mass is 10.1. The first kappa shape index (κ1) is 14.8. The lowest BCUT2D eigenvalue weighted by Gasteiger charge is -2.15. The Hall–Kier alpha value is -2.63. The summed E-state index contributed by atoms with van der Waals surface area (Å²) >= 11 is 0. The summed E-state index contributed by atoms with van der Waals surface area (Å²) in [4.78, 5) is 29.1. The number of hydrogen-bond donors (Lipinski definition) is 2. The topological polar surface area (TPSA) is 82.5 Å². The molecule has 2 aromatic rings. The van der Waals surface area contributed by atoms with Crippen molar-refractivity contribution in [1.29, 1.82) is 0 Å². The highest BCUT2D eigenvalue weighted by Crippen LogP contribution is 2.21. The fourth-order valence-electron chi connectivity index (χ4n) is 1.96. The molecule has 0 unspecified atom stereocenters. The molecule has 0 bridgehead atoms. The van der Waals surface area contributed by atoms with E-state index < -0.39 is 5.97 Å². The monoisotopic (exact) mass is 287 g/mol. The number of carbonyl (C=O) groups excluding carboxylic acids is 1. The maximum Gasteiger partial charge on any atom is 0.305 e. The van der Waals surface area contributed by atoms with Crippen molar-refractivity contribution in [2.75, 3.05) is 25.5 Å². The number of benzene rings is 1. The van der Waals surface area contributed by atoms with Crippen molar-refractivity contribution in [2.24, 2.45) is 0 Å². The predicted molar refractivity (Wildman–Crippen MR) is 80.7 cm³/mol. The van der Waals surface area contributed by atoms with E-state index in [1.54, 1.807) is 6.07 Å². The van der Waals surface area contributed by atoms with Gasteiger partial charge in [-0.25, -0.2) is 4.98 Å². The Kier molecular flexibility index (Phi) is 4.37. The Balaban J connectivity index is 2.36. The number of nitrogens with zero attached hydrogens (tertiary/aromatic N) is 2. The van der Waals surface area contributed by atoms with Crippen LogP contribution in [0.3, 0.4) is 0 Å². The molecule has 0 aliphatic rings. The number of anilines is 1. The third kappa shape index (κ3) is 3.47. The van der Waals surface area contributed by atoms with Gasteiger partial charge in [0.25, 0.3) is 5.91 Å². The Morgan fingerprint density at radius 1 is 1.29 bits per heavy atom. The van der Waals surface area contributed by atoms with Gasteiger partial charge in [-0.2, -0.15) is 0 Å². The highest BCUT2D eigenvalue weighted by atomic mass is 16.4. The van der Waals surface area contributed by atoms with Crippen LogP contribution in [0.1, 0.15) is 16.8 Å². The summed E-state index contributed by atoms with van der Waals surface area (Å²) in [5, 5.41) is 12.0. The van der Waals surface area contributed by atoms with Crippen LogP contribution in [0.4, 0.5) is 5.82 Å². The smallest absolute Gasteiger partial charge is 0.305 e. The Morgan fingerprint density at radius 2 is 2.00 bits per heavy atom. The summed E-state index contributed by atoms with van der Waals surface area (Å²) in [6.07, 6.45) is -0.102. The maximum absolute atomic E-state index is 12.3. The van der Waals surface area contributed by atoms with Crippen LogP contribution < -0.4 is 10.2 Å². The summed E-state index contributed by atoms with van der Waals surface area (Å²) in [6.45, 7) is 0.0993. The van der Waals surface area contributed by atoms with Crippen molar-refractivity contribution < 1.29 is 14.7 Å². The van der Waals surface area contributed by atoms with Crippen LogP contribution in [-0.2, 0) is 4.79 Å². The number of aliphatic carboxylic acids is 1. The summed E-state index contributed by atoms with van der Waals surface area (Å²) < 4.78 is 0. The number of hydrogen-bond acceptors (Lipinski definition) is 4. The van der Waals surface area contributed by atoms with Crippen LogP contribution in [0.15, 0.2) is 30.3 Å². The van der Waals surface area contributed by atoms with Crippen LogP contribution in [0, 0.1) is 0 Å². The molecule has 110 valence electrons. The van der Waals surface area contributed by atoms with E-state index in [9.17, 15) is 9.59 Å². The molecule has 0 aliphatic heterocycles. The molecule has 0 radical (unpaired) electrons. The Labute approximate surface area is 122 Å². The van der Waals surface area contributed by atoms with Crippen molar-refractivity contribution >= 4 is 28.6 Å². The van der Waals surface area contributed by atoms with Gasteiger partial charge in [0.05, 0.1) is 17.5 Å². The van der Waals surface area contributed by atoms with Gasteiger partial charge in [-0.15, -0.1) is 0 Å². The second kappa shape index (κ2) is 6.21. The Bertz CT molecular complexity index is 683. The standard InChI is InChI=1S/C15H17N3O3/c1-18(2)13-9-11(15(21)16-8-7-14(19)20)10-5-3-4-6-12(10)17-13/h3-6,9H,7-8H2,1-2H3,(H,16,21)(H,19,20). The third-order valence-electron chi connectivity index (χ3n) is 3.03. The number of fused-ring (bicyclic) bond motifs is 1. The summed E-state index contributed by atoms with van der Waals surface area (Å²) in [5.74, 6) is -0.557. The molecule has 6 heteroatoms. The fraction of sp³-hybridized carbons (Fsp3) is 0.267. The van der Waals surface area contributed by atoms with Crippen molar-refractivity contribution in [3.05, 3.63) is 35.9 Å². The average Bonchev–Trinajstić information content (AvgIpc) is 2.45. The summed E-state index contributed by atoms with van der Waals surface area (Å²) in [6, 6.07) is 9.08. The van der Waals surface area contributed by atoms with Gasteiger partial charge >= 0.3 is 5.97 Å². The number of pyridine rings is 1. The first-order valence-electron chi connectivity index (χ1n) is 6.56. The van der Waals surface area contributed by atoms with E-state index in [1.165, 1.54) is 0 Å². The van der Waals surface area contributed by atoms with Gasteiger partial charge in [0.15, 0.2) is 0 Å². The molecule has 21 heavy (non-hydrogen) atoms. The molecule has 1 amide bonds. The molecule has 0 aliphatic carbocycles. The molecular formula is C15H17N3O3. The van der Waals surface area contributed by atoms with E-state index in [0.717, 1.165) is 10.9 Å². The number of para-hydroxylation sites is 1. The van der Waals surface area contributed by atoms with E-state index in [-0.39, 0.29) is 18.9 Å². The molecule has 0 saturated carbocycles.